The van der Waals surface area contributed by atoms with Crippen LogP contribution in [0.1, 0.15) is 26.2 Å². The fourth-order valence-electron chi connectivity index (χ4n) is 2.42. The molecule has 2 rings (SSSR count). The van der Waals surface area contributed by atoms with Gasteiger partial charge in [0.25, 0.3) is 0 Å². The van der Waals surface area contributed by atoms with E-state index in [4.69, 9.17) is 28.9 Å². The van der Waals surface area contributed by atoms with Crippen molar-refractivity contribution in [2.24, 2.45) is 17.1 Å². The van der Waals surface area contributed by atoms with Crippen LogP contribution >= 0.6 is 35.6 Å². The van der Waals surface area contributed by atoms with Crippen molar-refractivity contribution in [2.45, 2.75) is 30.5 Å². The number of hydrogen-bond donors (Lipinski definition) is 1. The maximum atomic E-state index is 12.3. The zero-order valence-corrected chi connectivity index (χ0v) is 12.2. The van der Waals surface area contributed by atoms with Gasteiger partial charge in [0.2, 0.25) is 5.91 Å². The molecule has 1 aliphatic carbocycles. The minimum Gasteiger partial charge on any atom is -0.342 e. The number of rotatable bonds is 2. The number of piperidine rings is 1. The molecule has 1 saturated heterocycles. The Hall–Kier alpha value is 0.300. The zero-order valence-electron chi connectivity index (χ0n) is 9.92. The van der Waals surface area contributed by atoms with Crippen LogP contribution in [0.2, 0.25) is 0 Å². The minimum atomic E-state index is -0.861. The Kier molecular flexibility index (Phi) is 4.63. The van der Waals surface area contributed by atoms with Crippen LogP contribution in [0.15, 0.2) is 0 Å². The molecule has 2 N–H and O–H groups in total. The van der Waals surface area contributed by atoms with Crippen molar-refractivity contribution >= 4 is 41.5 Å². The Balaban J connectivity index is 0.00000144. The van der Waals surface area contributed by atoms with Crippen molar-refractivity contribution in [1.82, 2.24) is 4.90 Å². The van der Waals surface area contributed by atoms with E-state index in [0.717, 1.165) is 25.9 Å². The number of hydrogen-bond acceptors (Lipinski definition) is 2. The fourth-order valence-corrected chi connectivity index (χ4v) is 3.12. The van der Waals surface area contributed by atoms with Crippen LogP contribution in [-0.4, -0.2) is 34.8 Å². The van der Waals surface area contributed by atoms with E-state index in [1.807, 2.05) is 11.8 Å². The van der Waals surface area contributed by atoms with Gasteiger partial charge in [-0.15, -0.1) is 35.6 Å². The highest BCUT2D eigenvalue weighted by molar-refractivity contribution is 6.53. The monoisotopic (exact) mass is 300 g/mol. The van der Waals surface area contributed by atoms with E-state index in [0.29, 0.717) is 18.9 Å². The van der Waals surface area contributed by atoms with E-state index >= 15 is 0 Å². The second-order valence-electron chi connectivity index (χ2n) is 5.21. The van der Waals surface area contributed by atoms with E-state index in [1.54, 1.807) is 0 Å². The van der Waals surface area contributed by atoms with Gasteiger partial charge in [-0.25, -0.2) is 0 Å². The lowest BCUT2D eigenvalue weighted by molar-refractivity contribution is -0.138. The van der Waals surface area contributed by atoms with Crippen molar-refractivity contribution in [2.75, 3.05) is 19.6 Å². The lowest BCUT2D eigenvalue weighted by atomic mass is 9.96. The summed E-state index contributed by atoms with van der Waals surface area (Å²) in [6, 6.07) is 0. The molecule has 0 aromatic carbocycles. The molecular weight excluding hydrogens is 282 g/mol. The molecule has 6 heteroatoms. The average molecular weight is 302 g/mol. The van der Waals surface area contributed by atoms with Gasteiger partial charge in [0.05, 0.1) is 5.41 Å². The van der Waals surface area contributed by atoms with Crippen LogP contribution in [0.25, 0.3) is 0 Å². The van der Waals surface area contributed by atoms with E-state index < -0.39 is 9.75 Å². The molecule has 3 nitrogen and oxygen atoms in total. The summed E-state index contributed by atoms with van der Waals surface area (Å²) in [5.41, 5.74) is 5.08. The number of carbonyl (C=O) groups is 1. The normalized spacial score (nSPS) is 35.1. The van der Waals surface area contributed by atoms with E-state index in [2.05, 4.69) is 0 Å². The minimum absolute atomic E-state index is 0. The number of carbonyl (C=O) groups excluding carboxylic acids is 1. The Morgan fingerprint density at radius 1 is 1.53 bits per heavy atom. The highest BCUT2D eigenvalue weighted by Gasteiger charge is 2.68. The van der Waals surface area contributed by atoms with Crippen LogP contribution in [0.3, 0.4) is 0 Å². The molecule has 2 fully saturated rings. The summed E-state index contributed by atoms with van der Waals surface area (Å²) in [7, 11) is 0. The van der Waals surface area contributed by atoms with Crippen molar-refractivity contribution < 1.29 is 4.79 Å². The van der Waals surface area contributed by atoms with Crippen LogP contribution < -0.4 is 5.73 Å². The van der Waals surface area contributed by atoms with Crippen LogP contribution in [0.4, 0.5) is 0 Å². The van der Waals surface area contributed by atoms with Crippen LogP contribution in [-0.2, 0) is 4.79 Å². The largest absolute Gasteiger partial charge is 0.342 e. The number of amides is 1. The molecule has 0 radical (unpaired) electrons. The average Bonchev–Trinajstić information content (AvgIpc) is 2.78. The first-order chi connectivity index (χ1) is 7.40. The SMILES string of the molecule is CC1(C(=O)N2CCCC(CN)C2)CC1(Cl)Cl.Cl. The quantitative estimate of drug-likeness (QED) is 0.795. The maximum absolute atomic E-state index is 12.3. The van der Waals surface area contributed by atoms with Crippen LogP contribution in [0, 0.1) is 11.3 Å². The topological polar surface area (TPSA) is 46.3 Å². The lowest BCUT2D eigenvalue weighted by Gasteiger charge is -2.34. The molecule has 0 bridgehead atoms. The fraction of sp³-hybridized carbons (Fsp3) is 0.909. The number of likely N-dealkylation sites (tertiary alicyclic amines) is 1. The van der Waals surface area contributed by atoms with Gasteiger partial charge in [0, 0.05) is 13.1 Å². The number of nitrogens with zero attached hydrogens (tertiary/aromatic N) is 1. The summed E-state index contributed by atoms with van der Waals surface area (Å²) >= 11 is 12.1. The van der Waals surface area contributed by atoms with Gasteiger partial charge in [-0.2, -0.15) is 0 Å². The molecule has 0 aromatic heterocycles. The standard InChI is InChI=1S/C11H18Cl2N2O.ClH/c1-10(7-11(10,12)13)9(16)15-4-2-3-8(5-14)6-15;/h8H,2-7,14H2,1H3;1H. The molecular formula is C11H19Cl3N2O. The summed E-state index contributed by atoms with van der Waals surface area (Å²) in [5, 5.41) is 0. The highest BCUT2D eigenvalue weighted by Crippen LogP contribution is 2.64. The van der Waals surface area contributed by atoms with Crippen molar-refractivity contribution in [3.63, 3.8) is 0 Å². The summed E-state index contributed by atoms with van der Waals surface area (Å²) in [4.78, 5) is 14.2. The predicted octanol–water partition coefficient (Wildman–Crippen LogP) is 2.19. The number of nitrogens with two attached hydrogens (primary N) is 1. The molecule has 17 heavy (non-hydrogen) atoms. The van der Waals surface area contributed by atoms with Crippen molar-refractivity contribution in [3.8, 4) is 0 Å². The van der Waals surface area contributed by atoms with E-state index in [1.165, 1.54) is 0 Å². The predicted molar refractivity (Wildman–Crippen MR) is 72.8 cm³/mol. The molecule has 100 valence electrons. The van der Waals surface area contributed by atoms with Gasteiger partial charge >= 0.3 is 0 Å². The molecule has 0 aromatic rings. The molecule has 1 aliphatic heterocycles. The molecule has 1 heterocycles. The highest BCUT2D eigenvalue weighted by atomic mass is 35.5. The molecule has 1 saturated carbocycles. The van der Waals surface area contributed by atoms with Gasteiger partial charge in [-0.3, -0.25) is 4.79 Å². The van der Waals surface area contributed by atoms with Crippen LogP contribution in [0.5, 0.6) is 0 Å². The van der Waals surface area contributed by atoms with Crippen molar-refractivity contribution in [3.05, 3.63) is 0 Å². The number of halogens is 3. The summed E-state index contributed by atoms with van der Waals surface area (Å²) in [6.45, 7) is 4.07. The summed E-state index contributed by atoms with van der Waals surface area (Å²) in [5.74, 6) is 0.524. The first-order valence-electron chi connectivity index (χ1n) is 5.78. The Bertz CT molecular complexity index is 311. The molecule has 2 aliphatic rings. The summed E-state index contributed by atoms with van der Waals surface area (Å²) < 4.78 is -0.861. The van der Waals surface area contributed by atoms with E-state index in [9.17, 15) is 4.79 Å². The van der Waals surface area contributed by atoms with Crippen molar-refractivity contribution in [1.29, 1.82) is 0 Å². The maximum Gasteiger partial charge on any atom is 0.231 e. The molecule has 0 spiro atoms. The van der Waals surface area contributed by atoms with Gasteiger partial charge in [0.15, 0.2) is 0 Å². The Labute approximate surface area is 118 Å². The van der Waals surface area contributed by atoms with Gasteiger partial charge in [-0.05, 0) is 38.6 Å². The third-order valence-corrected chi connectivity index (χ3v) is 4.97. The third kappa shape index (κ3) is 2.67. The van der Waals surface area contributed by atoms with Gasteiger partial charge in [-0.1, -0.05) is 0 Å². The molecule has 1 amide bonds. The third-order valence-electron chi connectivity index (χ3n) is 3.87. The first-order valence-corrected chi connectivity index (χ1v) is 6.53. The molecule has 2 atom stereocenters. The van der Waals surface area contributed by atoms with E-state index in [-0.39, 0.29) is 18.3 Å². The Morgan fingerprint density at radius 2 is 2.12 bits per heavy atom. The van der Waals surface area contributed by atoms with Gasteiger partial charge < -0.3 is 10.6 Å². The lowest BCUT2D eigenvalue weighted by Crippen LogP contribution is -2.45. The summed E-state index contributed by atoms with van der Waals surface area (Å²) in [6.07, 6.45) is 2.71. The first kappa shape index (κ1) is 15.4. The van der Waals surface area contributed by atoms with Gasteiger partial charge in [0.1, 0.15) is 4.33 Å². The second kappa shape index (κ2) is 5.12. The smallest absolute Gasteiger partial charge is 0.231 e. The Morgan fingerprint density at radius 3 is 2.59 bits per heavy atom. The molecule has 2 unspecified atom stereocenters. The zero-order chi connectivity index (χ0) is 12.0. The number of alkyl halides is 2. The second-order valence-corrected chi connectivity index (χ2v) is 6.69.